The van der Waals surface area contributed by atoms with Gasteiger partial charge in [0.2, 0.25) is 10.0 Å². The molecule has 0 radical (unpaired) electrons. The lowest BCUT2D eigenvalue weighted by Gasteiger charge is -2.09. The average molecular weight is 341 g/mol. The molecule has 8 heteroatoms. The number of sulfonamides is 1. The summed E-state index contributed by atoms with van der Waals surface area (Å²) >= 11 is 0. The molecule has 0 bridgehead atoms. The van der Waals surface area contributed by atoms with E-state index in [0.29, 0.717) is 12.3 Å². The lowest BCUT2D eigenvalue weighted by Crippen LogP contribution is -2.31. The summed E-state index contributed by atoms with van der Waals surface area (Å²) in [5.74, 6) is -0.0884. The van der Waals surface area contributed by atoms with Crippen molar-refractivity contribution in [1.29, 1.82) is 0 Å². The first-order valence-electron chi connectivity index (χ1n) is 7.21. The summed E-state index contributed by atoms with van der Waals surface area (Å²) in [5, 5.41) is 0. The van der Waals surface area contributed by atoms with E-state index in [1.807, 2.05) is 18.4 Å². The van der Waals surface area contributed by atoms with E-state index in [9.17, 15) is 12.8 Å². The number of hydrogen-bond donors (Lipinski definition) is 1. The molecule has 2 rings (SSSR count). The number of rotatable bonds is 8. The number of nitrogens with zero attached hydrogens (tertiary/aromatic N) is 2. The van der Waals surface area contributed by atoms with Crippen molar-refractivity contribution >= 4 is 10.0 Å². The molecule has 0 unspecified atom stereocenters. The van der Waals surface area contributed by atoms with Crippen LogP contribution in [0.2, 0.25) is 0 Å². The summed E-state index contributed by atoms with van der Waals surface area (Å²) in [6, 6.07) is 5.44. The second-order valence-electron chi connectivity index (χ2n) is 5.12. The van der Waals surface area contributed by atoms with Crippen molar-refractivity contribution in [1.82, 2.24) is 14.3 Å². The zero-order valence-corrected chi connectivity index (χ0v) is 13.9. The van der Waals surface area contributed by atoms with Gasteiger partial charge in [-0.3, -0.25) is 0 Å². The Balaban J connectivity index is 1.74. The van der Waals surface area contributed by atoms with Crippen molar-refractivity contribution in [3.8, 4) is 5.75 Å². The monoisotopic (exact) mass is 341 g/mol. The number of halogens is 1. The largest absolute Gasteiger partial charge is 0.492 e. The molecule has 0 fully saturated rings. The quantitative estimate of drug-likeness (QED) is 0.792. The third-order valence-corrected chi connectivity index (χ3v) is 4.80. The van der Waals surface area contributed by atoms with E-state index in [1.165, 1.54) is 24.3 Å². The van der Waals surface area contributed by atoms with E-state index in [2.05, 4.69) is 9.71 Å². The predicted molar refractivity (Wildman–Crippen MR) is 85.4 cm³/mol. The highest BCUT2D eigenvalue weighted by atomic mass is 32.2. The van der Waals surface area contributed by atoms with Crippen molar-refractivity contribution < 1.29 is 17.5 Å². The van der Waals surface area contributed by atoms with Crippen LogP contribution in [0.25, 0.3) is 0 Å². The Morgan fingerprint density at radius 1 is 1.26 bits per heavy atom. The van der Waals surface area contributed by atoms with Crippen LogP contribution in [0.15, 0.2) is 30.6 Å². The highest BCUT2D eigenvalue weighted by Gasteiger charge is 2.10. The number of hydrogen-bond acceptors (Lipinski definition) is 4. The van der Waals surface area contributed by atoms with Gasteiger partial charge < -0.3 is 9.30 Å². The first-order chi connectivity index (χ1) is 10.9. The lowest BCUT2D eigenvalue weighted by atomic mass is 10.3. The normalized spacial score (nSPS) is 11.6. The molecular weight excluding hydrogens is 321 g/mol. The second kappa shape index (κ2) is 7.56. The molecule has 0 saturated carbocycles. The maximum absolute atomic E-state index is 12.7. The van der Waals surface area contributed by atoms with Gasteiger partial charge in [-0.2, -0.15) is 0 Å². The summed E-state index contributed by atoms with van der Waals surface area (Å²) in [6.07, 6.45) is 1.69. The van der Waals surface area contributed by atoms with E-state index in [4.69, 9.17) is 4.74 Å². The number of ether oxygens (including phenoxy) is 1. The summed E-state index contributed by atoms with van der Waals surface area (Å²) in [6.45, 7) is 4.65. The van der Waals surface area contributed by atoms with Gasteiger partial charge in [0.05, 0.1) is 17.8 Å². The van der Waals surface area contributed by atoms with Crippen LogP contribution in [0.3, 0.4) is 0 Å². The van der Waals surface area contributed by atoms with Gasteiger partial charge in [-0.05, 0) is 38.1 Å². The van der Waals surface area contributed by atoms with Gasteiger partial charge in [0.25, 0.3) is 0 Å². The molecule has 0 aliphatic rings. The van der Waals surface area contributed by atoms with Gasteiger partial charge in [0.15, 0.2) is 0 Å². The maximum Gasteiger partial charge on any atom is 0.215 e. The van der Waals surface area contributed by atoms with Crippen LogP contribution in [-0.2, 0) is 16.6 Å². The topological polar surface area (TPSA) is 73.2 Å². The second-order valence-corrected chi connectivity index (χ2v) is 7.05. The predicted octanol–water partition coefficient (Wildman–Crippen LogP) is 1.64. The zero-order valence-electron chi connectivity index (χ0n) is 13.1. The van der Waals surface area contributed by atoms with E-state index >= 15 is 0 Å². The third-order valence-electron chi connectivity index (χ3n) is 3.45. The Labute approximate surface area is 135 Å². The molecule has 0 atom stereocenters. The number of benzene rings is 1. The molecule has 0 spiro atoms. The SMILES string of the molecule is Cc1ncn(CCNS(=O)(=O)CCOc2ccc(F)cc2)c1C. The summed E-state index contributed by atoms with van der Waals surface area (Å²) in [5.41, 5.74) is 1.95. The van der Waals surface area contributed by atoms with Gasteiger partial charge in [-0.15, -0.1) is 0 Å². The van der Waals surface area contributed by atoms with Crippen molar-refractivity contribution in [3.05, 3.63) is 47.8 Å². The van der Waals surface area contributed by atoms with Crippen LogP contribution in [-0.4, -0.2) is 36.9 Å². The number of aryl methyl sites for hydroxylation is 1. The molecule has 0 aliphatic heterocycles. The molecule has 1 aromatic carbocycles. The van der Waals surface area contributed by atoms with Crippen LogP contribution in [0.1, 0.15) is 11.4 Å². The fourth-order valence-corrected chi connectivity index (χ4v) is 2.81. The van der Waals surface area contributed by atoms with Gasteiger partial charge in [-0.25, -0.2) is 22.5 Å². The first kappa shape index (κ1) is 17.4. The van der Waals surface area contributed by atoms with Crippen molar-refractivity contribution in [2.24, 2.45) is 0 Å². The Morgan fingerprint density at radius 2 is 1.96 bits per heavy atom. The maximum atomic E-state index is 12.7. The van der Waals surface area contributed by atoms with Crippen LogP contribution < -0.4 is 9.46 Å². The van der Waals surface area contributed by atoms with Crippen LogP contribution in [0.5, 0.6) is 5.75 Å². The fraction of sp³-hybridized carbons (Fsp3) is 0.400. The van der Waals surface area contributed by atoms with Crippen LogP contribution in [0, 0.1) is 19.7 Å². The van der Waals surface area contributed by atoms with Crippen LogP contribution >= 0.6 is 0 Å². The Kier molecular flexibility index (Phi) is 5.73. The van der Waals surface area contributed by atoms with Crippen molar-refractivity contribution in [2.75, 3.05) is 18.9 Å². The van der Waals surface area contributed by atoms with Crippen molar-refractivity contribution in [2.45, 2.75) is 20.4 Å². The molecule has 2 aromatic rings. The minimum absolute atomic E-state index is 0.00414. The minimum atomic E-state index is -3.42. The van der Waals surface area contributed by atoms with E-state index < -0.39 is 10.0 Å². The van der Waals surface area contributed by atoms with E-state index in [1.54, 1.807) is 6.33 Å². The Bertz CT molecular complexity index is 742. The summed E-state index contributed by atoms with van der Waals surface area (Å²) in [4.78, 5) is 4.16. The van der Waals surface area contributed by atoms with Gasteiger partial charge in [-0.1, -0.05) is 0 Å². The molecule has 1 aromatic heterocycles. The Morgan fingerprint density at radius 3 is 2.57 bits per heavy atom. The van der Waals surface area contributed by atoms with Crippen molar-refractivity contribution in [3.63, 3.8) is 0 Å². The highest BCUT2D eigenvalue weighted by molar-refractivity contribution is 7.89. The highest BCUT2D eigenvalue weighted by Crippen LogP contribution is 2.10. The summed E-state index contributed by atoms with van der Waals surface area (Å²) < 4.78 is 46.2. The van der Waals surface area contributed by atoms with Crippen LogP contribution in [0.4, 0.5) is 4.39 Å². The Hall–Kier alpha value is -1.93. The van der Waals surface area contributed by atoms with E-state index in [0.717, 1.165) is 11.4 Å². The molecular formula is C15H20FN3O3S. The van der Waals surface area contributed by atoms with E-state index in [-0.39, 0.29) is 24.7 Å². The van der Waals surface area contributed by atoms with Gasteiger partial charge in [0.1, 0.15) is 18.2 Å². The first-order valence-corrected chi connectivity index (χ1v) is 8.86. The molecule has 126 valence electrons. The third kappa shape index (κ3) is 5.33. The number of nitrogens with one attached hydrogen (secondary N) is 1. The molecule has 0 aliphatic carbocycles. The molecule has 1 heterocycles. The molecule has 23 heavy (non-hydrogen) atoms. The average Bonchev–Trinajstić information content (AvgIpc) is 2.81. The standard InChI is InChI=1S/C15H20FN3O3S/c1-12-13(2)19(11-17-12)8-7-18-23(20,21)10-9-22-15-5-3-14(16)4-6-15/h3-6,11,18H,7-10H2,1-2H3. The summed E-state index contributed by atoms with van der Waals surface area (Å²) in [7, 11) is -3.42. The number of aromatic nitrogens is 2. The zero-order chi connectivity index (χ0) is 16.9. The lowest BCUT2D eigenvalue weighted by molar-refractivity contribution is 0.339. The minimum Gasteiger partial charge on any atom is -0.492 e. The van der Waals surface area contributed by atoms with Gasteiger partial charge >= 0.3 is 0 Å². The molecule has 1 N–H and O–H groups in total. The van der Waals surface area contributed by atoms with Gasteiger partial charge in [0, 0.05) is 18.8 Å². The smallest absolute Gasteiger partial charge is 0.215 e. The molecule has 6 nitrogen and oxygen atoms in total. The molecule has 0 saturated heterocycles. The fourth-order valence-electron chi connectivity index (χ4n) is 1.96. The number of imidazole rings is 1. The molecule has 0 amide bonds.